The fraction of sp³-hybridized carbons (Fsp3) is 0.400. The Hall–Kier alpha value is -2.96. The molecule has 0 radical (unpaired) electrons. The summed E-state index contributed by atoms with van der Waals surface area (Å²) in [5.41, 5.74) is 3.72. The molecule has 1 N–H and O–H groups in total. The Balaban J connectivity index is 1.45. The Morgan fingerprint density at radius 3 is 2.62 bits per heavy atom. The summed E-state index contributed by atoms with van der Waals surface area (Å²) < 4.78 is 17.0. The van der Waals surface area contributed by atoms with Crippen LogP contribution < -0.4 is 10.6 Å². The van der Waals surface area contributed by atoms with E-state index in [9.17, 15) is 4.57 Å². The van der Waals surface area contributed by atoms with Crippen LogP contribution in [0, 0.1) is 0 Å². The minimum atomic E-state index is -2.46. The molecule has 9 heteroatoms. The molecule has 34 heavy (non-hydrogen) atoms. The molecule has 0 saturated carbocycles. The Labute approximate surface area is 200 Å². The Kier molecular flexibility index (Phi) is 6.04. The van der Waals surface area contributed by atoms with Crippen LogP contribution in [0.5, 0.6) is 0 Å². The van der Waals surface area contributed by atoms with Gasteiger partial charge in [-0.15, -0.1) is 0 Å². The maximum atomic E-state index is 12.9. The van der Waals surface area contributed by atoms with Crippen LogP contribution in [-0.2, 0) is 18.0 Å². The Morgan fingerprint density at radius 2 is 1.85 bits per heavy atom. The highest BCUT2D eigenvalue weighted by Gasteiger charge is 2.20. The third-order valence-corrected chi connectivity index (χ3v) is 8.13. The van der Waals surface area contributed by atoms with Crippen LogP contribution in [0.4, 0.5) is 11.5 Å². The molecule has 0 aliphatic carbocycles. The van der Waals surface area contributed by atoms with Crippen molar-refractivity contribution in [2.75, 3.05) is 38.8 Å². The molecule has 1 saturated heterocycles. The summed E-state index contributed by atoms with van der Waals surface area (Å²) in [5, 5.41) is 8.93. The van der Waals surface area contributed by atoms with E-state index in [-0.39, 0.29) is 0 Å². The number of likely N-dealkylation sites (tertiary alicyclic amines) is 1. The molecule has 178 valence electrons. The zero-order chi connectivity index (χ0) is 23.9. The predicted octanol–water partition coefficient (Wildman–Crippen LogP) is 4.01. The lowest BCUT2D eigenvalue weighted by atomic mass is 10.1. The summed E-state index contributed by atoms with van der Waals surface area (Å²) in [6, 6.07) is 10.2. The molecule has 1 aromatic carbocycles. The average molecular weight is 478 g/mol. The first-order valence-corrected chi connectivity index (χ1v) is 14.3. The second kappa shape index (κ2) is 9.01. The number of fused-ring (bicyclic) bond motifs is 1. The van der Waals surface area contributed by atoms with Crippen LogP contribution in [0.1, 0.15) is 30.3 Å². The molecule has 4 aromatic rings. The van der Waals surface area contributed by atoms with E-state index in [1.54, 1.807) is 13.3 Å². The number of nitrogens with zero attached hydrogens (tertiary/aromatic N) is 6. The SMILES string of the molecule is CN1CCC(n2cc(Cc3nc(Nc4ccccc4P(C)(C)=O)c4c(ccn4C)n3)cn2)CC1. The summed E-state index contributed by atoms with van der Waals surface area (Å²) in [5.74, 6) is 1.45. The van der Waals surface area contributed by atoms with E-state index in [1.807, 2.05) is 54.3 Å². The number of nitrogens with one attached hydrogen (secondary N) is 1. The van der Waals surface area contributed by atoms with Gasteiger partial charge in [-0.1, -0.05) is 12.1 Å². The molecule has 0 unspecified atom stereocenters. The predicted molar refractivity (Wildman–Crippen MR) is 138 cm³/mol. The van der Waals surface area contributed by atoms with Crippen molar-refractivity contribution in [2.24, 2.45) is 7.05 Å². The van der Waals surface area contributed by atoms with Crippen molar-refractivity contribution in [3.63, 3.8) is 0 Å². The van der Waals surface area contributed by atoms with Crippen LogP contribution in [0.2, 0.25) is 0 Å². The van der Waals surface area contributed by atoms with Crippen LogP contribution >= 0.6 is 7.14 Å². The van der Waals surface area contributed by atoms with Gasteiger partial charge < -0.3 is 19.3 Å². The first-order chi connectivity index (χ1) is 16.3. The standard InChI is InChI=1S/C25H32N7OP/c1-30-12-9-19(10-13-30)32-17-18(16-26-32)15-23-27-21-11-14-31(2)24(21)25(29-23)28-20-7-5-6-8-22(20)34(3,4)33/h5-8,11,14,16-17,19H,9-10,12-13,15H2,1-4H3,(H,27,28,29). The minimum Gasteiger partial charge on any atom is -0.346 e. The summed E-state index contributed by atoms with van der Waals surface area (Å²) in [6.07, 6.45) is 8.91. The van der Waals surface area contributed by atoms with Crippen molar-refractivity contribution < 1.29 is 4.57 Å². The monoisotopic (exact) mass is 477 g/mol. The first kappa shape index (κ1) is 22.8. The summed E-state index contributed by atoms with van der Waals surface area (Å²) in [4.78, 5) is 12.1. The summed E-state index contributed by atoms with van der Waals surface area (Å²) >= 11 is 0. The number of para-hydroxylation sites is 1. The van der Waals surface area contributed by atoms with Gasteiger partial charge in [-0.25, -0.2) is 9.97 Å². The molecule has 0 bridgehead atoms. The quantitative estimate of drug-likeness (QED) is 0.423. The van der Waals surface area contributed by atoms with Gasteiger partial charge in [0.15, 0.2) is 5.82 Å². The number of aryl methyl sites for hydroxylation is 1. The molecule has 5 rings (SSSR count). The smallest absolute Gasteiger partial charge is 0.158 e. The third kappa shape index (κ3) is 4.65. The van der Waals surface area contributed by atoms with E-state index in [4.69, 9.17) is 9.97 Å². The first-order valence-electron chi connectivity index (χ1n) is 11.7. The van der Waals surface area contributed by atoms with Gasteiger partial charge in [0.05, 0.1) is 23.4 Å². The van der Waals surface area contributed by atoms with Crippen molar-refractivity contribution in [3.05, 3.63) is 60.3 Å². The molecular weight excluding hydrogens is 445 g/mol. The molecule has 3 aromatic heterocycles. The van der Waals surface area contributed by atoms with Gasteiger partial charge >= 0.3 is 0 Å². The lowest BCUT2D eigenvalue weighted by Gasteiger charge is -2.28. The second-order valence-corrected chi connectivity index (χ2v) is 12.9. The summed E-state index contributed by atoms with van der Waals surface area (Å²) in [7, 11) is 1.70. The van der Waals surface area contributed by atoms with Gasteiger partial charge in [-0.2, -0.15) is 5.10 Å². The van der Waals surface area contributed by atoms with E-state index in [2.05, 4.69) is 33.2 Å². The zero-order valence-corrected chi connectivity index (χ0v) is 21.2. The minimum absolute atomic E-state index is 0.454. The van der Waals surface area contributed by atoms with Crippen LogP contribution in [0.15, 0.2) is 48.9 Å². The number of benzene rings is 1. The van der Waals surface area contributed by atoms with Crippen molar-refractivity contribution in [3.8, 4) is 0 Å². The maximum Gasteiger partial charge on any atom is 0.158 e. The van der Waals surface area contributed by atoms with Crippen LogP contribution in [-0.4, -0.2) is 62.7 Å². The molecule has 0 atom stereocenters. The number of aromatic nitrogens is 5. The zero-order valence-electron chi connectivity index (χ0n) is 20.3. The van der Waals surface area contributed by atoms with E-state index in [1.165, 1.54) is 0 Å². The number of rotatable bonds is 6. The molecule has 0 amide bonds. The number of anilines is 2. The van der Waals surface area contributed by atoms with Gasteiger partial charge in [-0.05, 0) is 70.1 Å². The molecule has 1 fully saturated rings. The van der Waals surface area contributed by atoms with E-state index >= 15 is 0 Å². The largest absolute Gasteiger partial charge is 0.346 e. The van der Waals surface area contributed by atoms with Crippen molar-refractivity contribution >= 4 is 35.0 Å². The van der Waals surface area contributed by atoms with Crippen molar-refractivity contribution in [2.45, 2.75) is 25.3 Å². The van der Waals surface area contributed by atoms with Gasteiger partial charge in [0.2, 0.25) is 0 Å². The normalized spacial score (nSPS) is 15.8. The molecule has 4 heterocycles. The highest BCUT2D eigenvalue weighted by atomic mass is 31.2. The molecule has 1 aliphatic rings. The number of hydrogen-bond acceptors (Lipinski definition) is 6. The van der Waals surface area contributed by atoms with Gasteiger partial charge in [-0.3, -0.25) is 4.68 Å². The van der Waals surface area contributed by atoms with Crippen LogP contribution in [0.25, 0.3) is 11.0 Å². The summed E-state index contributed by atoms with van der Waals surface area (Å²) in [6.45, 7) is 5.79. The lowest BCUT2D eigenvalue weighted by Crippen LogP contribution is -2.31. The van der Waals surface area contributed by atoms with E-state index < -0.39 is 7.14 Å². The second-order valence-electron chi connectivity index (χ2n) is 9.68. The molecule has 1 aliphatic heterocycles. The number of piperidine rings is 1. The highest BCUT2D eigenvalue weighted by molar-refractivity contribution is 7.70. The van der Waals surface area contributed by atoms with E-state index in [0.29, 0.717) is 12.5 Å². The van der Waals surface area contributed by atoms with E-state index in [0.717, 1.165) is 65.2 Å². The topological polar surface area (TPSA) is 80.9 Å². The molecule has 8 nitrogen and oxygen atoms in total. The molecule has 0 spiro atoms. The van der Waals surface area contributed by atoms with Crippen LogP contribution in [0.3, 0.4) is 0 Å². The fourth-order valence-electron chi connectivity index (χ4n) is 4.69. The average Bonchev–Trinajstić information content (AvgIpc) is 3.41. The molecular formula is C25H32N7OP. The third-order valence-electron chi connectivity index (χ3n) is 6.58. The van der Waals surface area contributed by atoms with Crippen molar-refractivity contribution in [1.29, 1.82) is 0 Å². The fourth-order valence-corrected chi connectivity index (χ4v) is 5.85. The number of hydrogen-bond donors (Lipinski definition) is 1. The maximum absolute atomic E-state index is 12.9. The highest BCUT2D eigenvalue weighted by Crippen LogP contribution is 2.38. The Morgan fingerprint density at radius 1 is 1.09 bits per heavy atom. The van der Waals surface area contributed by atoms with Gasteiger partial charge in [0, 0.05) is 31.2 Å². The van der Waals surface area contributed by atoms with Gasteiger partial charge in [0.25, 0.3) is 0 Å². The van der Waals surface area contributed by atoms with Gasteiger partial charge in [0.1, 0.15) is 18.5 Å². The Bertz CT molecular complexity index is 1360. The lowest BCUT2D eigenvalue weighted by molar-refractivity contribution is 0.212. The van der Waals surface area contributed by atoms with Crippen molar-refractivity contribution in [1.82, 2.24) is 29.2 Å².